The largest absolute Gasteiger partial charge is 0.396 e. The van der Waals surface area contributed by atoms with Crippen LogP contribution in [0.15, 0.2) is 16.8 Å². The van der Waals surface area contributed by atoms with Gasteiger partial charge in [0.2, 0.25) is 0 Å². The molecule has 2 N–H and O–H groups in total. The van der Waals surface area contributed by atoms with E-state index < -0.39 is 0 Å². The van der Waals surface area contributed by atoms with Crippen molar-refractivity contribution in [2.75, 3.05) is 13.7 Å². The predicted octanol–water partition coefficient (Wildman–Crippen LogP) is 2.05. The fourth-order valence-electron chi connectivity index (χ4n) is 1.52. The van der Waals surface area contributed by atoms with Crippen molar-refractivity contribution in [3.8, 4) is 0 Å². The standard InChI is InChI=1S/C12H20N2O2S/c1-10(4-3-6-15)13-12(16)14(2)8-11-5-7-17-9-11/h5,7,9-10,15H,3-4,6,8H2,1-2H3,(H,13,16). The summed E-state index contributed by atoms with van der Waals surface area (Å²) in [5, 5.41) is 15.7. The second kappa shape index (κ2) is 7.29. The maximum atomic E-state index is 11.8. The Labute approximate surface area is 106 Å². The molecule has 0 aliphatic heterocycles. The SMILES string of the molecule is CC(CCCO)NC(=O)N(C)Cc1ccsc1. The molecule has 0 saturated carbocycles. The van der Waals surface area contributed by atoms with Crippen molar-refractivity contribution in [2.45, 2.75) is 32.4 Å². The summed E-state index contributed by atoms with van der Waals surface area (Å²) in [5.74, 6) is 0. The van der Waals surface area contributed by atoms with Gasteiger partial charge in [-0.2, -0.15) is 11.3 Å². The van der Waals surface area contributed by atoms with Gasteiger partial charge in [-0.05, 0) is 42.2 Å². The lowest BCUT2D eigenvalue weighted by molar-refractivity contribution is 0.201. The van der Waals surface area contributed by atoms with Crippen molar-refractivity contribution >= 4 is 17.4 Å². The average molecular weight is 256 g/mol. The zero-order chi connectivity index (χ0) is 12.7. The Morgan fingerprint density at radius 3 is 3.00 bits per heavy atom. The lowest BCUT2D eigenvalue weighted by atomic mass is 10.2. The van der Waals surface area contributed by atoms with E-state index >= 15 is 0 Å². The first-order chi connectivity index (χ1) is 8.13. The molecule has 5 heteroatoms. The van der Waals surface area contributed by atoms with Crippen molar-refractivity contribution in [2.24, 2.45) is 0 Å². The van der Waals surface area contributed by atoms with E-state index in [4.69, 9.17) is 5.11 Å². The highest BCUT2D eigenvalue weighted by atomic mass is 32.1. The highest BCUT2D eigenvalue weighted by molar-refractivity contribution is 7.07. The van der Waals surface area contributed by atoms with Crippen molar-refractivity contribution < 1.29 is 9.90 Å². The molecule has 0 aromatic carbocycles. The molecule has 1 atom stereocenters. The molecule has 1 aromatic heterocycles. The smallest absolute Gasteiger partial charge is 0.317 e. The summed E-state index contributed by atoms with van der Waals surface area (Å²) < 4.78 is 0. The van der Waals surface area contributed by atoms with Crippen LogP contribution in [0, 0.1) is 0 Å². The topological polar surface area (TPSA) is 52.6 Å². The normalized spacial score (nSPS) is 12.2. The van der Waals surface area contributed by atoms with Crippen LogP contribution in [0.3, 0.4) is 0 Å². The second-order valence-electron chi connectivity index (χ2n) is 4.20. The number of amides is 2. The number of rotatable bonds is 6. The molecule has 1 heterocycles. The molecule has 0 radical (unpaired) electrons. The Hall–Kier alpha value is -1.07. The van der Waals surface area contributed by atoms with Crippen molar-refractivity contribution in [3.05, 3.63) is 22.4 Å². The fraction of sp³-hybridized carbons (Fsp3) is 0.583. The fourth-order valence-corrected chi connectivity index (χ4v) is 2.18. The van der Waals surface area contributed by atoms with Crippen molar-refractivity contribution in [1.29, 1.82) is 0 Å². The minimum absolute atomic E-state index is 0.0679. The number of urea groups is 1. The van der Waals surface area contributed by atoms with Crippen LogP contribution in [0.1, 0.15) is 25.3 Å². The van der Waals surface area contributed by atoms with Gasteiger partial charge in [0.15, 0.2) is 0 Å². The highest BCUT2D eigenvalue weighted by Crippen LogP contribution is 2.08. The molecule has 4 nitrogen and oxygen atoms in total. The molecule has 96 valence electrons. The van der Waals surface area contributed by atoms with Crippen molar-refractivity contribution in [1.82, 2.24) is 10.2 Å². The van der Waals surface area contributed by atoms with Gasteiger partial charge in [0, 0.05) is 26.2 Å². The molecule has 0 fully saturated rings. The Morgan fingerprint density at radius 2 is 2.41 bits per heavy atom. The van der Waals surface area contributed by atoms with Gasteiger partial charge in [0.25, 0.3) is 0 Å². The highest BCUT2D eigenvalue weighted by Gasteiger charge is 2.11. The summed E-state index contributed by atoms with van der Waals surface area (Å²) in [6, 6.07) is 2.05. The van der Waals surface area contributed by atoms with Gasteiger partial charge < -0.3 is 15.3 Å². The monoisotopic (exact) mass is 256 g/mol. The summed E-state index contributed by atoms with van der Waals surface area (Å²) in [6.07, 6.45) is 1.52. The Morgan fingerprint density at radius 1 is 1.65 bits per heavy atom. The Balaban J connectivity index is 2.31. The number of thiophene rings is 1. The van der Waals surface area contributed by atoms with Gasteiger partial charge >= 0.3 is 6.03 Å². The number of aliphatic hydroxyl groups excluding tert-OH is 1. The minimum Gasteiger partial charge on any atom is -0.396 e. The third-order valence-corrected chi connectivity index (χ3v) is 3.24. The Kier molecular flexibility index (Phi) is 6.00. The zero-order valence-corrected chi connectivity index (χ0v) is 11.2. The molecule has 0 aliphatic carbocycles. The van der Waals surface area contributed by atoms with Gasteiger partial charge in [-0.1, -0.05) is 0 Å². The number of nitrogens with one attached hydrogen (secondary N) is 1. The van der Waals surface area contributed by atoms with Crippen LogP contribution in [0.5, 0.6) is 0 Å². The predicted molar refractivity (Wildman–Crippen MR) is 70.1 cm³/mol. The van der Waals surface area contributed by atoms with Crippen LogP contribution in [0.25, 0.3) is 0 Å². The van der Waals surface area contributed by atoms with Gasteiger partial charge in [-0.15, -0.1) is 0 Å². The first-order valence-corrected chi connectivity index (χ1v) is 6.71. The maximum Gasteiger partial charge on any atom is 0.317 e. The molecule has 0 saturated heterocycles. The van der Waals surface area contributed by atoms with Crippen LogP contribution in [0.4, 0.5) is 4.79 Å². The molecule has 1 rings (SSSR count). The second-order valence-corrected chi connectivity index (χ2v) is 4.98. The molecular formula is C12H20N2O2S. The summed E-state index contributed by atoms with van der Waals surface area (Å²) in [6.45, 7) is 2.75. The van der Waals surface area contributed by atoms with Gasteiger partial charge in [0.05, 0.1) is 0 Å². The molecule has 0 aliphatic rings. The van der Waals surface area contributed by atoms with E-state index in [2.05, 4.69) is 5.32 Å². The molecule has 17 heavy (non-hydrogen) atoms. The van der Waals surface area contributed by atoms with E-state index in [1.54, 1.807) is 23.3 Å². The van der Waals surface area contributed by atoms with Crippen LogP contribution in [-0.2, 0) is 6.54 Å². The van der Waals surface area contributed by atoms with Gasteiger partial charge in [0.1, 0.15) is 0 Å². The van der Waals surface area contributed by atoms with Crippen molar-refractivity contribution in [3.63, 3.8) is 0 Å². The number of carbonyl (C=O) groups is 1. The number of aliphatic hydroxyl groups is 1. The third-order valence-electron chi connectivity index (χ3n) is 2.51. The van der Waals surface area contributed by atoms with E-state index in [9.17, 15) is 4.79 Å². The minimum atomic E-state index is -0.0679. The average Bonchev–Trinajstić information content (AvgIpc) is 2.78. The summed E-state index contributed by atoms with van der Waals surface area (Å²) in [7, 11) is 1.78. The number of hydrogen-bond donors (Lipinski definition) is 2. The quantitative estimate of drug-likeness (QED) is 0.818. The van der Waals surface area contributed by atoms with E-state index in [1.807, 2.05) is 23.8 Å². The third kappa shape index (κ3) is 5.19. The number of hydrogen-bond acceptors (Lipinski definition) is 3. The molecule has 1 aromatic rings. The molecular weight excluding hydrogens is 236 g/mol. The Bertz CT molecular complexity index is 327. The molecule has 2 amide bonds. The zero-order valence-electron chi connectivity index (χ0n) is 10.3. The lowest BCUT2D eigenvalue weighted by Crippen LogP contribution is -2.41. The summed E-state index contributed by atoms with van der Waals surface area (Å²) >= 11 is 1.63. The van der Waals surface area contributed by atoms with E-state index in [0.29, 0.717) is 6.54 Å². The van der Waals surface area contributed by atoms with Crippen LogP contribution in [-0.4, -0.2) is 35.7 Å². The van der Waals surface area contributed by atoms with Crippen LogP contribution in [0.2, 0.25) is 0 Å². The van der Waals surface area contributed by atoms with E-state index in [-0.39, 0.29) is 18.7 Å². The lowest BCUT2D eigenvalue weighted by Gasteiger charge is -2.20. The molecule has 0 spiro atoms. The van der Waals surface area contributed by atoms with Crippen LogP contribution < -0.4 is 5.32 Å². The van der Waals surface area contributed by atoms with Gasteiger partial charge in [-0.25, -0.2) is 4.79 Å². The first-order valence-electron chi connectivity index (χ1n) is 5.77. The van der Waals surface area contributed by atoms with Crippen LogP contribution >= 0.6 is 11.3 Å². The van der Waals surface area contributed by atoms with E-state index in [0.717, 1.165) is 18.4 Å². The molecule has 1 unspecified atom stereocenters. The molecule has 0 bridgehead atoms. The number of carbonyl (C=O) groups excluding carboxylic acids is 1. The van der Waals surface area contributed by atoms with E-state index in [1.165, 1.54) is 0 Å². The summed E-state index contributed by atoms with van der Waals surface area (Å²) in [4.78, 5) is 13.5. The maximum absolute atomic E-state index is 11.8. The van der Waals surface area contributed by atoms with Gasteiger partial charge in [-0.3, -0.25) is 0 Å². The summed E-state index contributed by atoms with van der Waals surface area (Å²) in [5.41, 5.74) is 1.15. The number of nitrogens with zero attached hydrogens (tertiary/aromatic N) is 1. The first kappa shape index (κ1) is 14.0.